The lowest BCUT2D eigenvalue weighted by atomic mass is 10.2. The minimum Gasteiger partial charge on any atom is -0.403 e. The van der Waals surface area contributed by atoms with Gasteiger partial charge in [0.05, 0.1) is 41.7 Å². The first-order valence-electron chi connectivity index (χ1n) is 9.04. The van der Waals surface area contributed by atoms with Crippen LogP contribution in [0, 0.1) is 5.82 Å². The van der Waals surface area contributed by atoms with Crippen LogP contribution in [0.1, 0.15) is 13.3 Å². The number of nitrogens with two attached hydrogens (primary N) is 1. The molecule has 1 saturated heterocycles. The fraction of sp³-hybridized carbons (Fsp3) is 0.444. The zero-order valence-corrected chi connectivity index (χ0v) is 17.3. The predicted octanol–water partition coefficient (Wildman–Crippen LogP) is 2.16. The Morgan fingerprint density at radius 2 is 2.24 bits per heavy atom. The Morgan fingerprint density at radius 3 is 2.86 bits per heavy atom. The van der Waals surface area contributed by atoms with E-state index in [-0.39, 0.29) is 41.4 Å². The highest BCUT2D eigenvalue weighted by atomic mass is 35.5. The number of anilines is 1. The number of aliphatic imine (C=N–C) groups is 1. The van der Waals surface area contributed by atoms with Crippen LogP contribution in [-0.2, 0) is 14.6 Å². The van der Waals surface area contributed by atoms with Crippen molar-refractivity contribution in [2.75, 3.05) is 31.6 Å². The Morgan fingerprint density at radius 1 is 1.48 bits per heavy atom. The summed E-state index contributed by atoms with van der Waals surface area (Å²) in [6.45, 7) is 2.47. The van der Waals surface area contributed by atoms with Gasteiger partial charge >= 0.3 is 6.03 Å². The Bertz CT molecular complexity index is 961. The zero-order chi connectivity index (χ0) is 21.2. The quantitative estimate of drug-likeness (QED) is 0.738. The van der Waals surface area contributed by atoms with Crippen LogP contribution >= 0.6 is 11.6 Å². The summed E-state index contributed by atoms with van der Waals surface area (Å²) < 4.78 is 44.3. The van der Waals surface area contributed by atoms with Gasteiger partial charge in [0.15, 0.2) is 9.84 Å². The number of sulfone groups is 1. The van der Waals surface area contributed by atoms with E-state index in [0.717, 1.165) is 12.3 Å². The first kappa shape index (κ1) is 21.5. The largest absolute Gasteiger partial charge is 0.403 e. The molecule has 8 nitrogen and oxygen atoms in total. The molecule has 0 spiro atoms. The molecule has 0 bridgehead atoms. The molecule has 1 fully saturated rings. The lowest BCUT2D eigenvalue weighted by molar-refractivity contribution is 0.198. The number of hydrogen-bond donors (Lipinski definition) is 2. The molecular formula is C18H22ClFN4O4S. The molecule has 1 aromatic carbocycles. The Kier molecular flexibility index (Phi) is 6.45. The van der Waals surface area contributed by atoms with E-state index in [2.05, 4.69) is 10.3 Å². The van der Waals surface area contributed by atoms with Gasteiger partial charge in [-0.2, -0.15) is 0 Å². The van der Waals surface area contributed by atoms with E-state index in [1.54, 1.807) is 6.92 Å². The van der Waals surface area contributed by atoms with E-state index in [4.69, 9.17) is 22.1 Å². The molecule has 2 amide bonds. The summed E-state index contributed by atoms with van der Waals surface area (Å²) in [5.74, 6) is -0.593. The highest BCUT2D eigenvalue weighted by Gasteiger charge is 2.37. The standard InChI is InChI=1S/C18H22ClFN4O4S/c1-11-8-22-16(17(7-21)29(26,27)13-4-5-28-10-13)9-24(11)18(25)23-12-2-3-15(20)14(19)6-12/h2-3,6-7,11,13H,4-5,8-10,21H2,1H3,(H,23,25)/t11-,13?/m0/s1. The van der Waals surface area contributed by atoms with Gasteiger partial charge < -0.3 is 20.7 Å². The summed E-state index contributed by atoms with van der Waals surface area (Å²) >= 11 is 5.75. The van der Waals surface area contributed by atoms with Crippen LogP contribution in [-0.4, -0.2) is 62.7 Å². The van der Waals surface area contributed by atoms with E-state index in [0.29, 0.717) is 18.7 Å². The number of benzene rings is 1. The van der Waals surface area contributed by atoms with Gasteiger partial charge in [-0.05, 0) is 31.5 Å². The molecule has 3 N–H and O–H groups in total. The van der Waals surface area contributed by atoms with Crippen LogP contribution in [0.4, 0.5) is 14.9 Å². The van der Waals surface area contributed by atoms with E-state index in [1.807, 2.05) is 0 Å². The van der Waals surface area contributed by atoms with E-state index < -0.39 is 26.9 Å². The maximum absolute atomic E-state index is 13.3. The summed E-state index contributed by atoms with van der Waals surface area (Å²) in [4.78, 5) is 18.4. The highest BCUT2D eigenvalue weighted by Crippen LogP contribution is 2.25. The lowest BCUT2D eigenvalue weighted by Crippen LogP contribution is -2.49. The Labute approximate surface area is 173 Å². The summed E-state index contributed by atoms with van der Waals surface area (Å²) in [5, 5.41) is 1.85. The molecule has 0 aromatic heterocycles. The molecule has 2 heterocycles. The summed E-state index contributed by atoms with van der Waals surface area (Å²) in [6.07, 6.45) is 1.41. The monoisotopic (exact) mass is 444 g/mol. The number of nitrogens with one attached hydrogen (secondary N) is 1. The van der Waals surface area contributed by atoms with Crippen molar-refractivity contribution in [3.05, 3.63) is 40.1 Å². The number of urea groups is 1. The fourth-order valence-corrected chi connectivity index (χ4v) is 5.07. The average Bonchev–Trinajstić information content (AvgIpc) is 3.22. The molecule has 2 aliphatic heterocycles. The molecule has 1 aromatic rings. The molecule has 0 radical (unpaired) electrons. The topological polar surface area (TPSA) is 114 Å². The van der Waals surface area contributed by atoms with E-state index in [9.17, 15) is 17.6 Å². The number of ether oxygens (including phenoxy) is 1. The van der Waals surface area contributed by atoms with Gasteiger partial charge in [-0.25, -0.2) is 17.6 Å². The zero-order valence-electron chi connectivity index (χ0n) is 15.8. The van der Waals surface area contributed by atoms with E-state index >= 15 is 0 Å². The van der Waals surface area contributed by atoms with Crippen molar-refractivity contribution in [3.63, 3.8) is 0 Å². The third-order valence-electron chi connectivity index (χ3n) is 4.90. The minimum atomic E-state index is -3.72. The van der Waals surface area contributed by atoms with Crippen LogP contribution in [0.3, 0.4) is 0 Å². The molecule has 0 saturated carbocycles. The first-order valence-corrected chi connectivity index (χ1v) is 11.0. The second-order valence-electron chi connectivity index (χ2n) is 6.88. The molecule has 2 atom stereocenters. The number of hydrogen-bond acceptors (Lipinski definition) is 6. The van der Waals surface area contributed by atoms with E-state index in [1.165, 1.54) is 17.0 Å². The van der Waals surface area contributed by atoms with Gasteiger partial charge in [0.2, 0.25) is 0 Å². The van der Waals surface area contributed by atoms with Gasteiger partial charge in [-0.15, -0.1) is 0 Å². The number of carbonyl (C=O) groups excluding carboxylic acids is 1. The van der Waals surface area contributed by atoms with Crippen LogP contribution in [0.15, 0.2) is 34.3 Å². The highest BCUT2D eigenvalue weighted by molar-refractivity contribution is 7.96. The number of nitrogens with zero attached hydrogens (tertiary/aromatic N) is 2. The number of carbonyl (C=O) groups is 1. The van der Waals surface area contributed by atoms with Gasteiger partial charge in [0.1, 0.15) is 10.7 Å². The molecule has 3 rings (SSSR count). The van der Waals surface area contributed by atoms with Crippen molar-refractivity contribution in [2.45, 2.75) is 24.6 Å². The minimum absolute atomic E-state index is 0.0300. The molecule has 158 valence electrons. The molecule has 0 aliphatic carbocycles. The van der Waals surface area contributed by atoms with Crippen molar-refractivity contribution in [3.8, 4) is 0 Å². The first-order chi connectivity index (χ1) is 13.7. The van der Waals surface area contributed by atoms with Crippen LogP contribution in [0.2, 0.25) is 5.02 Å². The number of amides is 2. The molecule has 29 heavy (non-hydrogen) atoms. The number of halogens is 2. The van der Waals surface area contributed by atoms with Crippen LogP contribution in [0.25, 0.3) is 0 Å². The third kappa shape index (κ3) is 4.54. The summed E-state index contributed by atoms with van der Waals surface area (Å²) in [7, 11) is -3.72. The summed E-state index contributed by atoms with van der Waals surface area (Å²) in [6, 6.07) is 3.08. The molecule has 11 heteroatoms. The maximum atomic E-state index is 13.3. The summed E-state index contributed by atoms with van der Waals surface area (Å²) in [5.41, 5.74) is 6.18. The second kappa shape index (κ2) is 8.68. The van der Waals surface area contributed by atoms with Crippen molar-refractivity contribution in [2.24, 2.45) is 10.7 Å². The average molecular weight is 445 g/mol. The van der Waals surface area contributed by atoms with Gasteiger partial charge in [0, 0.05) is 18.5 Å². The van der Waals surface area contributed by atoms with Crippen molar-refractivity contribution in [1.82, 2.24) is 4.90 Å². The lowest BCUT2D eigenvalue weighted by Gasteiger charge is -2.33. The van der Waals surface area contributed by atoms with Gasteiger partial charge in [-0.1, -0.05) is 11.6 Å². The third-order valence-corrected chi connectivity index (χ3v) is 7.42. The predicted molar refractivity (Wildman–Crippen MR) is 109 cm³/mol. The SMILES string of the molecule is C[C@H]1CN=C(C(=CN)S(=O)(=O)C2CCOC2)CN1C(=O)Nc1ccc(F)c(Cl)c1. The Hall–Kier alpha value is -2.17. The van der Waals surface area contributed by atoms with Crippen LogP contribution in [0.5, 0.6) is 0 Å². The van der Waals surface area contributed by atoms with Crippen LogP contribution < -0.4 is 11.1 Å². The Balaban J connectivity index is 1.78. The molecule has 2 aliphatic rings. The fourth-order valence-electron chi connectivity index (χ4n) is 3.20. The van der Waals surface area contributed by atoms with Gasteiger partial charge in [-0.3, -0.25) is 4.99 Å². The van der Waals surface area contributed by atoms with Crippen molar-refractivity contribution >= 4 is 38.9 Å². The normalized spacial score (nSPS) is 23.1. The van der Waals surface area contributed by atoms with Crippen molar-refractivity contribution < 1.29 is 22.3 Å². The maximum Gasteiger partial charge on any atom is 0.322 e. The molecule has 1 unspecified atom stereocenters. The molecular weight excluding hydrogens is 423 g/mol. The smallest absolute Gasteiger partial charge is 0.322 e. The van der Waals surface area contributed by atoms with Crippen molar-refractivity contribution in [1.29, 1.82) is 0 Å². The van der Waals surface area contributed by atoms with Gasteiger partial charge in [0.25, 0.3) is 0 Å². The number of rotatable bonds is 4. The second-order valence-corrected chi connectivity index (χ2v) is 9.49.